The molecule has 5 nitrogen and oxygen atoms in total. The summed E-state index contributed by atoms with van der Waals surface area (Å²) in [6, 6.07) is 67.0. The van der Waals surface area contributed by atoms with Crippen molar-refractivity contribution in [1.29, 1.82) is 0 Å². The van der Waals surface area contributed by atoms with Gasteiger partial charge in [0.2, 0.25) is 0 Å². The van der Waals surface area contributed by atoms with Gasteiger partial charge in [-0.25, -0.2) is 4.98 Å². The van der Waals surface area contributed by atoms with Gasteiger partial charge in [0.05, 0.1) is 0 Å². The van der Waals surface area contributed by atoms with Crippen LogP contribution in [0.25, 0.3) is 49.9 Å². The summed E-state index contributed by atoms with van der Waals surface area (Å²) >= 11 is 0. The Balaban J connectivity index is 0.00000504. The summed E-state index contributed by atoms with van der Waals surface area (Å²) in [6.45, 7) is 13.3. The molecule has 6 heteroatoms. The van der Waals surface area contributed by atoms with Crippen LogP contribution in [0.4, 0.5) is 11.4 Å². The normalized spacial score (nSPS) is 12.8. The molecule has 0 saturated heterocycles. The first-order chi connectivity index (χ1) is 30.1. The molecule has 0 saturated carbocycles. The molecule has 0 atom stereocenters. The zero-order chi connectivity index (χ0) is 42.4. The van der Waals surface area contributed by atoms with E-state index in [1.807, 2.05) is 18.3 Å². The monoisotopic (exact) mass is 998 g/mol. The van der Waals surface area contributed by atoms with Crippen molar-refractivity contribution >= 4 is 33.2 Å². The van der Waals surface area contributed by atoms with Gasteiger partial charge in [0, 0.05) is 55.4 Å². The third kappa shape index (κ3) is 8.22. The van der Waals surface area contributed by atoms with E-state index in [1.54, 1.807) is 0 Å². The van der Waals surface area contributed by atoms with Crippen molar-refractivity contribution in [3.8, 4) is 39.6 Å². The van der Waals surface area contributed by atoms with Crippen LogP contribution in [-0.2, 0) is 31.9 Å². The molecule has 0 aliphatic carbocycles. The Bertz CT molecular complexity index is 3100. The first kappa shape index (κ1) is 41.7. The van der Waals surface area contributed by atoms with E-state index in [9.17, 15) is 0 Å². The van der Waals surface area contributed by atoms with E-state index in [2.05, 4.69) is 238 Å². The van der Waals surface area contributed by atoms with Crippen LogP contribution in [0.1, 0.15) is 51.3 Å². The number of benzene rings is 7. The summed E-state index contributed by atoms with van der Waals surface area (Å²) in [6.07, 6.45) is 6.06. The minimum absolute atomic E-state index is 0. The van der Waals surface area contributed by atoms with Crippen molar-refractivity contribution in [1.82, 2.24) is 9.55 Å². The zero-order valence-corrected chi connectivity index (χ0v) is 38.3. The van der Waals surface area contributed by atoms with E-state index in [0.717, 1.165) is 55.7 Å². The van der Waals surface area contributed by atoms with Crippen LogP contribution < -0.4 is 14.5 Å². The molecule has 0 radical (unpaired) electrons. The quantitative estimate of drug-likeness (QED) is 0.135. The molecule has 0 unspecified atom stereocenters. The fourth-order valence-corrected chi connectivity index (χ4v) is 8.40. The van der Waals surface area contributed by atoms with E-state index in [1.165, 1.54) is 22.3 Å². The second-order valence-electron chi connectivity index (χ2n) is 17.5. The molecule has 1 aliphatic rings. The molecule has 1 aliphatic heterocycles. The Morgan fingerprint density at radius 3 is 1.94 bits per heavy atom. The minimum atomic E-state index is -0.156. The topological polar surface area (TPSA) is 33.5 Å². The predicted molar refractivity (Wildman–Crippen MR) is 256 cm³/mol. The van der Waals surface area contributed by atoms with Gasteiger partial charge in [0.15, 0.2) is 0 Å². The van der Waals surface area contributed by atoms with Crippen LogP contribution in [0.5, 0.6) is 11.5 Å². The molecule has 0 bridgehead atoms. The van der Waals surface area contributed by atoms with Crippen molar-refractivity contribution < 1.29 is 25.8 Å². The summed E-state index contributed by atoms with van der Waals surface area (Å²) in [7, 11) is 0. The van der Waals surface area contributed by atoms with Gasteiger partial charge in [0.1, 0.15) is 5.82 Å². The molecule has 314 valence electrons. The van der Waals surface area contributed by atoms with Crippen molar-refractivity contribution in [3.05, 3.63) is 224 Å². The Kier molecular flexibility index (Phi) is 11.2. The first-order valence-corrected chi connectivity index (χ1v) is 21.2. The molecule has 0 N–H and O–H groups in total. The number of hydrogen-bond donors (Lipinski definition) is 0. The third-order valence-corrected chi connectivity index (χ3v) is 12.0. The van der Waals surface area contributed by atoms with E-state index in [-0.39, 0.29) is 31.9 Å². The first-order valence-electron chi connectivity index (χ1n) is 21.2. The van der Waals surface area contributed by atoms with Gasteiger partial charge in [-0.15, -0.1) is 53.6 Å². The van der Waals surface area contributed by atoms with Gasteiger partial charge in [-0.1, -0.05) is 155 Å². The number of anilines is 2. The number of nitrogens with zero attached hydrogens (tertiary/aromatic N) is 4. The molecule has 0 fully saturated rings. The maximum Gasteiger partial charge on any atom is 0.135 e. The van der Waals surface area contributed by atoms with Gasteiger partial charge in [0.25, 0.3) is 0 Å². The molecule has 7 aromatic carbocycles. The molecule has 2 aromatic heterocycles. The SMILES string of the molecule is CC(C)(C)c1ccnc(-n2c3[c-]c(Oc4[c-]c(N5C=CN(c6cccc(C(C)(C)c7ccccc7)c6)[CH-]5)cc(-c5ccccc5)c4)ccc3c3cc(-c4ccccc4)ccc32)c1.[Pt]. The van der Waals surface area contributed by atoms with Crippen molar-refractivity contribution in [2.75, 3.05) is 9.80 Å². The van der Waals surface area contributed by atoms with Crippen molar-refractivity contribution in [2.45, 2.75) is 45.4 Å². The summed E-state index contributed by atoms with van der Waals surface area (Å²) in [5.74, 6) is 2.02. The van der Waals surface area contributed by atoms with Crippen molar-refractivity contribution in [3.63, 3.8) is 0 Å². The van der Waals surface area contributed by atoms with Gasteiger partial charge < -0.3 is 19.1 Å². The molecule has 0 amide bonds. The number of rotatable bonds is 9. The molecular formula is C57H47N4OPt-3. The van der Waals surface area contributed by atoms with Crippen LogP contribution in [-0.4, -0.2) is 9.55 Å². The Morgan fingerprint density at radius 2 is 1.21 bits per heavy atom. The second kappa shape index (κ2) is 16.9. The van der Waals surface area contributed by atoms with E-state index >= 15 is 0 Å². The Labute approximate surface area is 385 Å². The van der Waals surface area contributed by atoms with Crippen LogP contribution in [0.2, 0.25) is 0 Å². The summed E-state index contributed by atoms with van der Waals surface area (Å²) in [4.78, 5) is 9.17. The number of aromatic nitrogens is 2. The Morgan fingerprint density at radius 1 is 0.524 bits per heavy atom. The number of hydrogen-bond acceptors (Lipinski definition) is 4. The van der Waals surface area contributed by atoms with Crippen LogP contribution in [0.3, 0.4) is 0 Å². The number of fused-ring (bicyclic) bond motifs is 3. The number of ether oxygens (including phenoxy) is 1. The minimum Gasteiger partial charge on any atom is -0.509 e. The number of pyridine rings is 1. The van der Waals surface area contributed by atoms with Gasteiger partial charge in [-0.05, 0) is 86.9 Å². The van der Waals surface area contributed by atoms with E-state index in [0.29, 0.717) is 11.5 Å². The smallest absolute Gasteiger partial charge is 0.135 e. The molecule has 63 heavy (non-hydrogen) atoms. The van der Waals surface area contributed by atoms with E-state index < -0.39 is 0 Å². The Hall–Kier alpha value is -6.68. The maximum absolute atomic E-state index is 6.79. The van der Waals surface area contributed by atoms with Crippen LogP contribution >= 0.6 is 0 Å². The fraction of sp³-hybridized carbons (Fsp3) is 0.123. The second-order valence-corrected chi connectivity index (χ2v) is 17.5. The van der Waals surface area contributed by atoms with Gasteiger partial charge >= 0.3 is 0 Å². The van der Waals surface area contributed by atoms with Gasteiger partial charge in [-0.3, -0.25) is 0 Å². The summed E-state index contributed by atoms with van der Waals surface area (Å²) in [5, 5.41) is 2.20. The van der Waals surface area contributed by atoms with Crippen molar-refractivity contribution in [2.24, 2.45) is 0 Å². The fourth-order valence-electron chi connectivity index (χ4n) is 8.40. The zero-order valence-electron chi connectivity index (χ0n) is 36.0. The standard InChI is InChI=1S/C57H47N4O.Pt/c1-56(2,3)45-28-29-58-55(36-45)61-53-27-24-42(40-16-9-6-10-17-40)34-52(53)51-26-25-49(38-54(51)61)62-50-33-43(41-18-11-7-12-19-41)32-48(37-50)60-31-30-59(39-60)47-23-15-22-46(35-47)57(4,5)44-20-13-8-14-21-44;/h6-36,39H,1-5H3;/q-3;. The van der Waals surface area contributed by atoms with Gasteiger partial charge in [-0.2, -0.15) is 6.07 Å². The van der Waals surface area contributed by atoms with Crippen LogP contribution in [0, 0.1) is 18.8 Å². The summed E-state index contributed by atoms with van der Waals surface area (Å²) in [5.41, 5.74) is 11.9. The molecule has 0 spiro atoms. The maximum atomic E-state index is 6.79. The molecule has 9 aromatic rings. The van der Waals surface area contributed by atoms with Crippen LogP contribution in [0.15, 0.2) is 188 Å². The average molecular weight is 999 g/mol. The largest absolute Gasteiger partial charge is 0.509 e. The van der Waals surface area contributed by atoms with E-state index in [4.69, 9.17) is 9.72 Å². The predicted octanol–water partition coefficient (Wildman–Crippen LogP) is 14.4. The summed E-state index contributed by atoms with van der Waals surface area (Å²) < 4.78 is 9.00. The molecular weight excluding hydrogens is 952 g/mol. The molecule has 10 rings (SSSR count). The molecule has 3 heterocycles. The average Bonchev–Trinajstić information content (AvgIpc) is 3.93. The third-order valence-electron chi connectivity index (χ3n) is 12.0.